The first-order chi connectivity index (χ1) is 14.2. The maximum absolute atomic E-state index is 6.54. The van der Waals surface area contributed by atoms with Crippen molar-refractivity contribution in [3.63, 3.8) is 0 Å². The van der Waals surface area contributed by atoms with Gasteiger partial charge in [-0.15, -0.1) is 0 Å². The van der Waals surface area contributed by atoms with E-state index in [2.05, 4.69) is 30.1 Å². The minimum Gasteiger partial charge on any atom is -0.456 e. The maximum Gasteiger partial charge on any atom is 0.148 e. The first-order valence-electron chi connectivity index (χ1n) is 9.41. The van der Waals surface area contributed by atoms with Gasteiger partial charge in [-0.1, -0.05) is 36.1 Å². The van der Waals surface area contributed by atoms with Crippen molar-refractivity contribution in [1.82, 2.24) is 4.98 Å². The standard InChI is InChI=1S/C24H16NO2PS/c1-15-14-25-13-12-16(15)17-10-11-20-24-23(17)27-19-7-3-5-9-22(19)28(24,29)21-8-4-2-6-18(21)26-20/h2-14H,1H3. The third kappa shape index (κ3) is 2.24. The summed E-state index contributed by atoms with van der Waals surface area (Å²) in [6, 6.07) is 20.1. The van der Waals surface area contributed by atoms with Crippen LogP contribution in [0.4, 0.5) is 0 Å². The third-order valence-electron chi connectivity index (χ3n) is 5.56. The Morgan fingerprint density at radius 1 is 0.759 bits per heavy atom. The lowest BCUT2D eigenvalue weighted by Crippen LogP contribution is -2.35. The summed E-state index contributed by atoms with van der Waals surface area (Å²) in [6.07, 6.45) is 3.69. The molecule has 1 aromatic heterocycles. The lowest BCUT2D eigenvalue weighted by Gasteiger charge is -2.38. The van der Waals surface area contributed by atoms with Crippen molar-refractivity contribution in [1.29, 1.82) is 0 Å². The van der Waals surface area contributed by atoms with Crippen LogP contribution in [0.1, 0.15) is 5.56 Å². The van der Waals surface area contributed by atoms with E-state index in [4.69, 9.17) is 21.3 Å². The molecule has 0 spiro atoms. The van der Waals surface area contributed by atoms with Crippen LogP contribution in [0.5, 0.6) is 23.0 Å². The average Bonchev–Trinajstić information content (AvgIpc) is 2.75. The Balaban J connectivity index is 1.75. The smallest absolute Gasteiger partial charge is 0.148 e. The molecule has 5 heteroatoms. The lowest BCUT2D eigenvalue weighted by atomic mass is 10.0. The van der Waals surface area contributed by atoms with Crippen LogP contribution in [-0.2, 0) is 11.8 Å². The topological polar surface area (TPSA) is 31.4 Å². The highest BCUT2D eigenvalue weighted by atomic mass is 32.4. The summed E-state index contributed by atoms with van der Waals surface area (Å²) in [7, 11) is 0. The molecule has 1 atom stereocenters. The Kier molecular flexibility index (Phi) is 3.53. The predicted molar refractivity (Wildman–Crippen MR) is 121 cm³/mol. The van der Waals surface area contributed by atoms with E-state index in [0.29, 0.717) is 0 Å². The zero-order chi connectivity index (χ0) is 19.6. The second kappa shape index (κ2) is 6.03. The molecule has 3 heterocycles. The van der Waals surface area contributed by atoms with Gasteiger partial charge in [0.15, 0.2) is 0 Å². The zero-order valence-electron chi connectivity index (χ0n) is 15.6. The number of hydrogen-bond acceptors (Lipinski definition) is 4. The van der Waals surface area contributed by atoms with E-state index in [0.717, 1.165) is 55.6 Å². The van der Waals surface area contributed by atoms with Crippen molar-refractivity contribution in [2.75, 3.05) is 0 Å². The molecule has 6 rings (SSSR count). The fourth-order valence-corrected chi connectivity index (χ4v) is 8.73. The molecule has 140 valence electrons. The average molecular weight is 413 g/mol. The van der Waals surface area contributed by atoms with E-state index in [-0.39, 0.29) is 0 Å². The number of ether oxygens (including phenoxy) is 2. The number of fused-ring (bicyclic) bond motifs is 4. The van der Waals surface area contributed by atoms with Gasteiger partial charge in [0.05, 0.1) is 11.3 Å². The summed E-state index contributed by atoms with van der Waals surface area (Å²) in [5, 5.41) is 3.19. The van der Waals surface area contributed by atoms with Gasteiger partial charge in [-0.25, -0.2) is 0 Å². The van der Waals surface area contributed by atoms with E-state index in [1.807, 2.05) is 60.9 Å². The number of hydrogen-bond donors (Lipinski definition) is 0. The third-order valence-corrected chi connectivity index (χ3v) is 10.4. The van der Waals surface area contributed by atoms with Crippen molar-refractivity contribution < 1.29 is 9.47 Å². The van der Waals surface area contributed by atoms with E-state index >= 15 is 0 Å². The Bertz CT molecular complexity index is 1350. The molecular formula is C24H16NO2PS. The highest BCUT2D eigenvalue weighted by Gasteiger charge is 2.43. The molecule has 3 nitrogen and oxygen atoms in total. The van der Waals surface area contributed by atoms with Gasteiger partial charge in [0, 0.05) is 28.6 Å². The Labute approximate surface area is 174 Å². The summed E-state index contributed by atoms with van der Waals surface area (Å²) in [5.74, 6) is 3.30. The van der Waals surface area contributed by atoms with Gasteiger partial charge in [0.25, 0.3) is 0 Å². The van der Waals surface area contributed by atoms with Crippen molar-refractivity contribution >= 4 is 33.8 Å². The monoisotopic (exact) mass is 413 g/mol. The molecule has 0 radical (unpaired) electrons. The highest BCUT2D eigenvalue weighted by molar-refractivity contribution is 8.26. The number of para-hydroxylation sites is 2. The van der Waals surface area contributed by atoms with Crippen LogP contribution >= 0.6 is 6.04 Å². The van der Waals surface area contributed by atoms with E-state index in [1.54, 1.807) is 0 Å². The van der Waals surface area contributed by atoms with Gasteiger partial charge in [-0.2, -0.15) is 0 Å². The minimum absolute atomic E-state index is 0.798. The van der Waals surface area contributed by atoms with Crippen molar-refractivity contribution in [2.24, 2.45) is 0 Å². The molecule has 0 fully saturated rings. The van der Waals surface area contributed by atoms with E-state index < -0.39 is 6.04 Å². The fourth-order valence-electron chi connectivity index (χ4n) is 4.23. The first kappa shape index (κ1) is 17.0. The van der Waals surface area contributed by atoms with Crippen LogP contribution in [0.3, 0.4) is 0 Å². The largest absolute Gasteiger partial charge is 0.456 e. The van der Waals surface area contributed by atoms with Crippen LogP contribution in [-0.4, -0.2) is 4.98 Å². The molecule has 0 saturated heterocycles. The number of aromatic nitrogens is 1. The lowest BCUT2D eigenvalue weighted by molar-refractivity contribution is 0.467. The molecule has 0 N–H and O–H groups in total. The molecule has 0 bridgehead atoms. The fraction of sp³-hybridized carbons (Fsp3) is 0.0417. The molecule has 0 aliphatic carbocycles. The van der Waals surface area contributed by atoms with Crippen LogP contribution in [0, 0.1) is 6.92 Å². The molecule has 1 unspecified atom stereocenters. The number of pyridine rings is 1. The molecular weight excluding hydrogens is 397 g/mol. The Morgan fingerprint density at radius 3 is 2.17 bits per heavy atom. The SMILES string of the molecule is Cc1cnccc1-c1ccc2c3c1Oc1ccccc1P3(=S)c1ccccc1O2. The quantitative estimate of drug-likeness (QED) is 0.354. The van der Waals surface area contributed by atoms with Gasteiger partial charge in [-0.3, -0.25) is 4.98 Å². The molecule has 0 amide bonds. The van der Waals surface area contributed by atoms with E-state index in [1.165, 1.54) is 0 Å². The van der Waals surface area contributed by atoms with Crippen molar-refractivity contribution in [3.8, 4) is 34.1 Å². The van der Waals surface area contributed by atoms with Crippen molar-refractivity contribution in [2.45, 2.75) is 6.92 Å². The predicted octanol–water partition coefficient (Wildman–Crippen LogP) is 5.02. The van der Waals surface area contributed by atoms with Crippen LogP contribution < -0.4 is 25.4 Å². The van der Waals surface area contributed by atoms with Gasteiger partial charge < -0.3 is 9.47 Å². The van der Waals surface area contributed by atoms with Gasteiger partial charge in [-0.05, 0) is 60.5 Å². The molecule has 3 aromatic carbocycles. The molecule has 0 saturated carbocycles. The zero-order valence-corrected chi connectivity index (χ0v) is 17.3. The summed E-state index contributed by atoms with van der Waals surface area (Å²) >= 11 is 6.54. The second-order valence-electron chi connectivity index (χ2n) is 7.23. The Morgan fingerprint density at radius 2 is 1.45 bits per heavy atom. The number of rotatable bonds is 1. The molecule has 2 aliphatic heterocycles. The molecule has 2 aliphatic rings. The van der Waals surface area contributed by atoms with Crippen LogP contribution in [0.15, 0.2) is 79.1 Å². The minimum atomic E-state index is -2.31. The Hall–Kier alpha value is -2.94. The normalized spacial score (nSPS) is 18.0. The van der Waals surface area contributed by atoms with E-state index in [9.17, 15) is 0 Å². The summed E-state index contributed by atoms with van der Waals surface area (Å²) in [5.41, 5.74) is 3.21. The first-order valence-corrected chi connectivity index (χ1v) is 12.2. The molecule has 4 aromatic rings. The maximum atomic E-state index is 6.54. The van der Waals surface area contributed by atoms with Crippen molar-refractivity contribution in [3.05, 3.63) is 84.7 Å². The second-order valence-corrected chi connectivity index (χ2v) is 11.5. The van der Waals surface area contributed by atoms with Gasteiger partial charge in [0.1, 0.15) is 23.0 Å². The van der Waals surface area contributed by atoms with Crippen LogP contribution in [0.2, 0.25) is 0 Å². The summed E-state index contributed by atoms with van der Waals surface area (Å²) < 4.78 is 12.8. The molecule has 29 heavy (non-hydrogen) atoms. The highest BCUT2D eigenvalue weighted by Crippen LogP contribution is 2.60. The number of nitrogens with zero attached hydrogens (tertiary/aromatic N) is 1. The van der Waals surface area contributed by atoms with Crippen LogP contribution in [0.25, 0.3) is 11.1 Å². The van der Waals surface area contributed by atoms with Gasteiger partial charge in [0.2, 0.25) is 0 Å². The number of aryl methyl sites for hydroxylation is 1. The summed E-state index contributed by atoms with van der Waals surface area (Å²) in [6.45, 7) is 2.06. The van der Waals surface area contributed by atoms with Gasteiger partial charge >= 0.3 is 0 Å². The number of benzene rings is 3. The summed E-state index contributed by atoms with van der Waals surface area (Å²) in [4.78, 5) is 4.24.